The van der Waals surface area contributed by atoms with E-state index >= 15 is 0 Å². The number of nitro groups is 1. The van der Waals surface area contributed by atoms with E-state index in [-0.39, 0.29) is 16.9 Å². The smallest absolute Gasteiger partial charge is 0.293 e. The van der Waals surface area contributed by atoms with E-state index in [2.05, 4.69) is 6.07 Å². The number of ketones is 1. The summed E-state index contributed by atoms with van der Waals surface area (Å²) in [5.74, 6) is -0.0283. The van der Waals surface area contributed by atoms with Gasteiger partial charge in [0.2, 0.25) is 0 Å². The number of rotatable bonds is 4. The van der Waals surface area contributed by atoms with E-state index in [0.717, 1.165) is 16.8 Å². The standard InChI is InChI=1S/C27H24N4O3S/c1-17-6-7-20(21(12-17)31(33)34)30-22-13-27(2,3)14-23(32)25(22)24(18-8-11-35-16-18)19(15-28)26(30)29-9-4-5-10-29/h4-12,16,24H,13-14H2,1-3H3/t24-/m0/s1. The maximum atomic E-state index is 13.7. The van der Waals surface area contributed by atoms with Gasteiger partial charge in [-0.1, -0.05) is 19.9 Å². The monoisotopic (exact) mass is 484 g/mol. The van der Waals surface area contributed by atoms with Crippen LogP contribution < -0.4 is 4.90 Å². The summed E-state index contributed by atoms with van der Waals surface area (Å²) < 4.78 is 1.82. The van der Waals surface area contributed by atoms with E-state index in [1.54, 1.807) is 17.9 Å². The second-order valence-electron chi connectivity index (χ2n) is 9.82. The highest BCUT2D eigenvalue weighted by Gasteiger charge is 2.46. The number of carbonyl (C=O) groups excluding carboxylic acids is 1. The third-order valence-electron chi connectivity index (χ3n) is 6.61. The molecular formula is C27H24N4O3S. The first-order valence-electron chi connectivity index (χ1n) is 11.3. The fraction of sp³-hybridized carbons (Fsp3) is 0.259. The zero-order chi connectivity index (χ0) is 24.9. The predicted octanol–water partition coefficient (Wildman–Crippen LogP) is 6.41. The van der Waals surface area contributed by atoms with Crippen LogP contribution in [0.1, 0.15) is 43.7 Å². The molecule has 0 spiro atoms. The minimum Gasteiger partial charge on any atom is -0.309 e. The van der Waals surface area contributed by atoms with Crippen LogP contribution in [0.5, 0.6) is 0 Å². The van der Waals surface area contributed by atoms with Gasteiger partial charge >= 0.3 is 0 Å². The number of aromatic nitrogens is 1. The molecule has 1 atom stereocenters. The van der Waals surface area contributed by atoms with Crippen LogP contribution in [0.15, 0.2) is 76.4 Å². The third kappa shape index (κ3) is 3.78. The van der Waals surface area contributed by atoms with Gasteiger partial charge < -0.3 is 4.57 Å². The van der Waals surface area contributed by atoms with E-state index in [0.29, 0.717) is 35.5 Å². The van der Waals surface area contributed by atoms with Crippen molar-refractivity contribution in [3.05, 3.63) is 97.6 Å². The quantitative estimate of drug-likeness (QED) is 0.315. The summed E-state index contributed by atoms with van der Waals surface area (Å²) in [5, 5.41) is 26.6. The number of benzene rings is 1. The molecule has 3 aromatic rings. The summed E-state index contributed by atoms with van der Waals surface area (Å²) in [5.41, 5.74) is 3.26. The molecular weight excluding hydrogens is 460 g/mol. The lowest BCUT2D eigenvalue weighted by molar-refractivity contribution is -0.384. The summed E-state index contributed by atoms with van der Waals surface area (Å²) in [6.07, 6.45) is 4.55. The van der Waals surface area contributed by atoms with Crippen molar-refractivity contribution in [3.8, 4) is 6.07 Å². The molecule has 1 aromatic carbocycles. The number of anilines is 1. The van der Waals surface area contributed by atoms with E-state index in [4.69, 9.17) is 0 Å². The van der Waals surface area contributed by atoms with Crippen LogP contribution in [-0.4, -0.2) is 15.3 Å². The lowest BCUT2D eigenvalue weighted by Gasteiger charge is -2.44. The topological polar surface area (TPSA) is 92.2 Å². The molecule has 5 rings (SSSR count). The number of aryl methyl sites for hydroxylation is 1. The Balaban J connectivity index is 1.90. The minimum atomic E-state index is -0.525. The molecule has 2 aliphatic rings. The third-order valence-corrected chi connectivity index (χ3v) is 7.31. The second-order valence-corrected chi connectivity index (χ2v) is 10.6. The fourth-order valence-corrected chi connectivity index (χ4v) is 5.88. The van der Waals surface area contributed by atoms with Gasteiger partial charge in [0, 0.05) is 36.2 Å². The van der Waals surface area contributed by atoms with Gasteiger partial charge in [-0.15, -0.1) is 0 Å². The van der Waals surface area contributed by atoms with Crippen molar-refractivity contribution in [2.24, 2.45) is 5.41 Å². The number of hydrogen-bond donors (Lipinski definition) is 0. The SMILES string of the molecule is Cc1ccc(N2C3=C(C(=O)CC(C)(C)C3)[C@@H](c3ccsc3)C(C#N)=C2n2cccc2)c([N+](=O)[O-])c1. The molecule has 0 fully saturated rings. The largest absolute Gasteiger partial charge is 0.309 e. The highest BCUT2D eigenvalue weighted by molar-refractivity contribution is 7.08. The van der Waals surface area contributed by atoms with Crippen LogP contribution in [0.2, 0.25) is 0 Å². The molecule has 0 amide bonds. The molecule has 2 aromatic heterocycles. The summed E-state index contributed by atoms with van der Waals surface area (Å²) in [6, 6.07) is 13.1. The molecule has 0 radical (unpaired) electrons. The Morgan fingerprint density at radius 2 is 1.94 bits per heavy atom. The van der Waals surface area contributed by atoms with Gasteiger partial charge in [0.1, 0.15) is 11.5 Å². The highest BCUT2D eigenvalue weighted by atomic mass is 32.1. The number of nitrogens with zero attached hydrogens (tertiary/aromatic N) is 4. The fourth-order valence-electron chi connectivity index (χ4n) is 5.20. The lowest BCUT2D eigenvalue weighted by atomic mass is 9.69. The summed E-state index contributed by atoms with van der Waals surface area (Å²) in [7, 11) is 0. The number of hydrogen-bond acceptors (Lipinski definition) is 6. The molecule has 1 aliphatic heterocycles. The molecule has 176 valence electrons. The molecule has 0 N–H and O–H groups in total. The van der Waals surface area contributed by atoms with Crippen molar-refractivity contribution in [3.63, 3.8) is 0 Å². The van der Waals surface area contributed by atoms with Crippen LogP contribution in [0.25, 0.3) is 5.82 Å². The highest BCUT2D eigenvalue weighted by Crippen LogP contribution is 2.53. The number of Topliss-reactive ketones (excluding diaryl/α,β-unsaturated/α-hetero) is 1. The van der Waals surface area contributed by atoms with Gasteiger partial charge in [-0.3, -0.25) is 19.8 Å². The van der Waals surface area contributed by atoms with Crippen molar-refractivity contribution in [1.29, 1.82) is 5.26 Å². The molecule has 35 heavy (non-hydrogen) atoms. The molecule has 3 heterocycles. The van der Waals surface area contributed by atoms with Crippen molar-refractivity contribution in [1.82, 2.24) is 4.57 Å². The Hall–Kier alpha value is -3.96. The van der Waals surface area contributed by atoms with Crippen molar-refractivity contribution < 1.29 is 9.72 Å². The average Bonchev–Trinajstić information content (AvgIpc) is 3.51. The van der Waals surface area contributed by atoms with E-state index < -0.39 is 10.8 Å². The molecule has 7 nitrogen and oxygen atoms in total. The van der Waals surface area contributed by atoms with Gasteiger partial charge in [-0.2, -0.15) is 16.6 Å². The molecule has 0 bridgehead atoms. The zero-order valence-corrected chi connectivity index (χ0v) is 20.5. The Labute approximate surface area is 207 Å². The molecule has 0 saturated heterocycles. The number of thiophene rings is 1. The van der Waals surface area contributed by atoms with Crippen LogP contribution >= 0.6 is 11.3 Å². The van der Waals surface area contributed by atoms with Crippen molar-refractivity contribution in [2.45, 2.75) is 39.5 Å². The molecule has 0 saturated carbocycles. The summed E-state index contributed by atoms with van der Waals surface area (Å²) in [6.45, 7) is 5.88. The van der Waals surface area contributed by atoms with Gasteiger partial charge in [-0.25, -0.2) is 0 Å². The normalized spacial score (nSPS) is 19.5. The number of nitro benzene ring substituents is 1. The van der Waals surface area contributed by atoms with E-state index in [9.17, 15) is 20.2 Å². The average molecular weight is 485 g/mol. The van der Waals surface area contributed by atoms with Gasteiger partial charge in [0.15, 0.2) is 5.78 Å². The summed E-state index contributed by atoms with van der Waals surface area (Å²) in [4.78, 5) is 27.3. The van der Waals surface area contributed by atoms with Crippen LogP contribution in [0.4, 0.5) is 11.4 Å². The molecule has 0 unspecified atom stereocenters. The first-order chi connectivity index (χ1) is 16.7. The van der Waals surface area contributed by atoms with Crippen molar-refractivity contribution in [2.75, 3.05) is 4.90 Å². The summed E-state index contributed by atoms with van der Waals surface area (Å²) >= 11 is 1.51. The van der Waals surface area contributed by atoms with Crippen LogP contribution in [0, 0.1) is 33.8 Å². The van der Waals surface area contributed by atoms with Gasteiger partial charge in [0.05, 0.1) is 22.5 Å². The molecule has 8 heteroatoms. The Bertz CT molecular complexity index is 1440. The lowest BCUT2D eigenvalue weighted by Crippen LogP contribution is -2.40. The number of carbonyl (C=O) groups is 1. The Kier molecular flexibility index (Phi) is 5.45. The van der Waals surface area contributed by atoms with Gasteiger partial charge in [0.25, 0.3) is 5.69 Å². The predicted molar refractivity (Wildman–Crippen MR) is 136 cm³/mol. The number of allylic oxidation sites excluding steroid dienone is 3. The van der Waals surface area contributed by atoms with E-state index in [1.165, 1.54) is 17.4 Å². The first-order valence-corrected chi connectivity index (χ1v) is 12.3. The first kappa shape index (κ1) is 22.8. The zero-order valence-electron chi connectivity index (χ0n) is 19.7. The maximum absolute atomic E-state index is 13.7. The molecule has 1 aliphatic carbocycles. The maximum Gasteiger partial charge on any atom is 0.293 e. The van der Waals surface area contributed by atoms with Crippen LogP contribution in [0.3, 0.4) is 0 Å². The second kappa shape index (κ2) is 8.36. The van der Waals surface area contributed by atoms with E-state index in [1.807, 2.05) is 65.8 Å². The minimum absolute atomic E-state index is 0.0217. The number of nitriles is 1. The van der Waals surface area contributed by atoms with Gasteiger partial charge in [-0.05, 0) is 64.9 Å². The Morgan fingerprint density at radius 1 is 1.20 bits per heavy atom. The van der Waals surface area contributed by atoms with Crippen LogP contribution in [-0.2, 0) is 4.79 Å². The Morgan fingerprint density at radius 3 is 2.57 bits per heavy atom. The van der Waals surface area contributed by atoms with Crippen molar-refractivity contribution >= 4 is 34.3 Å².